The van der Waals surface area contributed by atoms with E-state index in [0.717, 1.165) is 181 Å². The van der Waals surface area contributed by atoms with Gasteiger partial charge in [-0.1, -0.05) is 80.6 Å². The van der Waals surface area contributed by atoms with Gasteiger partial charge in [-0.2, -0.15) is 0 Å². The SMILES string of the molecule is CC(=O)OOC(C)=O.CC(=O)OOC(C)=O.CCC=O.CCCN1CC[C@H](CNc2ccc3c(c2)C(=O)CC3)[C@@H](c2ccc(OC)cc2)CC1.COc1ccc([C@H]2CCN(C(=O)OC(C)(C)C)CC[C@@H]2C=O)cc1.COc1ccc([C@H]2CCN(C(=O)OC(C)(C)C)CC[C@@H]2CO)cc1.COc1ccc([C@H]2CCNCC[C@@H]2CNc2ccc3c(c2)C(=O)CC3)cc1.Nc1ccc2c(c1)C(=O)NC2.[B-]OC(C)=O.[B-]OC(C)=O.[Na+].[Na+]. The number of methoxy groups -OCH3 is 4. The van der Waals surface area contributed by atoms with E-state index in [-0.39, 0.29) is 119 Å². The summed E-state index contributed by atoms with van der Waals surface area (Å²) in [5.74, 6) is 3.05. The number of likely N-dealkylation sites (tertiary alicyclic amines) is 3. The van der Waals surface area contributed by atoms with Gasteiger partial charge in [0.25, 0.3) is 5.91 Å². The summed E-state index contributed by atoms with van der Waals surface area (Å²) in [6, 6.07) is 51.0. The van der Waals surface area contributed by atoms with Crippen LogP contribution in [0.1, 0.15) is 268 Å². The number of amides is 3. The third kappa shape index (κ3) is 48.5. The summed E-state index contributed by atoms with van der Waals surface area (Å²) in [4.78, 5) is 160. The summed E-state index contributed by atoms with van der Waals surface area (Å²) in [6.07, 6.45) is 13.9. The number of aliphatic hydroxyl groups excluding tert-OH is 1. The van der Waals surface area contributed by atoms with E-state index in [0.29, 0.717) is 93.3 Å². The quantitative estimate of drug-likeness (QED) is 0.0144. The van der Waals surface area contributed by atoms with Gasteiger partial charge in [0.1, 0.15) is 46.8 Å². The maximum Gasteiger partial charge on any atom is 1.00 e. The summed E-state index contributed by atoms with van der Waals surface area (Å²) in [5.41, 5.74) is 18.3. The number of ether oxygens (including phenoxy) is 6. The van der Waals surface area contributed by atoms with Crippen molar-refractivity contribution in [3.05, 3.63) is 207 Å². The van der Waals surface area contributed by atoms with Gasteiger partial charge in [0, 0.05) is 153 Å². The van der Waals surface area contributed by atoms with Gasteiger partial charge >= 0.3 is 95.2 Å². The molecule has 0 saturated carbocycles. The molecule has 38 heteroatoms. The number of benzene rings is 7. The van der Waals surface area contributed by atoms with E-state index in [1.807, 2.05) is 97.0 Å². The molecule has 5 heterocycles. The number of nitrogens with zero attached hydrogens (tertiary/aromatic N) is 3. The second-order valence-electron chi connectivity index (χ2n) is 37.7. The van der Waals surface area contributed by atoms with Gasteiger partial charge in [0.2, 0.25) is 11.9 Å². The van der Waals surface area contributed by atoms with Gasteiger partial charge in [0.05, 0.1) is 28.4 Å². The van der Waals surface area contributed by atoms with E-state index in [4.69, 9.17) is 34.2 Å². The fourth-order valence-electron chi connectivity index (χ4n) is 17.2. The van der Waals surface area contributed by atoms with Gasteiger partial charge in [-0.3, -0.25) is 24.0 Å². The molecule has 5 aliphatic heterocycles. The van der Waals surface area contributed by atoms with E-state index in [1.54, 1.807) is 50.4 Å². The van der Waals surface area contributed by atoms with Crippen molar-refractivity contribution >= 4 is 111 Å². The molecule has 3 amide bonds. The first-order valence-corrected chi connectivity index (χ1v) is 49.4. The summed E-state index contributed by atoms with van der Waals surface area (Å²) >= 11 is 0. The number of carbonyl (C=O) groups excluding carboxylic acids is 13. The van der Waals surface area contributed by atoms with Crippen molar-refractivity contribution < 1.29 is 184 Å². The number of hydrogen-bond acceptors (Lipinski definition) is 31. The van der Waals surface area contributed by atoms with Crippen molar-refractivity contribution in [1.29, 1.82) is 0 Å². The normalized spacial score (nSPS) is 18.1. The zero-order chi connectivity index (χ0) is 108. The number of nitrogens with two attached hydrogens (primary N) is 1. The zero-order valence-electron chi connectivity index (χ0n) is 90.0. The van der Waals surface area contributed by atoms with Crippen LogP contribution in [-0.2, 0) is 96.1 Å². The maximum absolute atomic E-state index is 12.3. The molecule has 0 spiro atoms. The zero-order valence-corrected chi connectivity index (χ0v) is 94.0. The molecule has 794 valence electrons. The van der Waals surface area contributed by atoms with Gasteiger partial charge in [-0.15, -0.1) is 0 Å². The first kappa shape index (κ1) is 131. The number of aryl methyl sites for hydroxylation is 2. The molecule has 0 aromatic heterocycles. The summed E-state index contributed by atoms with van der Waals surface area (Å²) in [6.45, 7) is 32.9. The van der Waals surface area contributed by atoms with Crippen LogP contribution < -0.4 is 105 Å². The molecule has 8 atom stereocenters. The average Bonchev–Trinajstić information content (AvgIpc) is 1.67. The van der Waals surface area contributed by atoms with Crippen molar-refractivity contribution in [1.82, 2.24) is 25.3 Å². The molecule has 2 aliphatic carbocycles. The third-order valence-corrected chi connectivity index (χ3v) is 24.5. The number of hydrogen-bond donors (Lipinski definition) is 6. The van der Waals surface area contributed by atoms with Crippen molar-refractivity contribution in [2.75, 3.05) is 123 Å². The predicted octanol–water partition coefficient (Wildman–Crippen LogP) is 10.6. The number of fused-ring (bicyclic) bond motifs is 3. The number of nitrogens with one attached hydrogen (secondary N) is 4. The summed E-state index contributed by atoms with van der Waals surface area (Å²) in [7, 11) is 15.4. The number of anilines is 3. The summed E-state index contributed by atoms with van der Waals surface area (Å²) < 4.78 is 39.2. The fraction of sp³-hybridized carbons (Fsp3) is 0.500. The molecule has 7 aliphatic rings. The van der Waals surface area contributed by atoms with Gasteiger partial charge < -0.3 is 110 Å². The second kappa shape index (κ2) is 69.9. The Hall–Kier alpha value is -11.3. The van der Waals surface area contributed by atoms with Crippen LogP contribution in [0.4, 0.5) is 26.7 Å². The van der Waals surface area contributed by atoms with Crippen molar-refractivity contribution in [3.63, 3.8) is 0 Å². The van der Waals surface area contributed by atoms with E-state index in [2.05, 4.69) is 169 Å². The van der Waals surface area contributed by atoms with Crippen LogP contribution in [-0.4, -0.2) is 232 Å². The topological polar surface area (TPSA) is 437 Å². The molecule has 4 fully saturated rings. The molecule has 34 nitrogen and oxygen atoms in total. The van der Waals surface area contributed by atoms with Crippen LogP contribution in [0.2, 0.25) is 0 Å². The second-order valence-corrected chi connectivity index (χ2v) is 37.7. The minimum absolute atomic E-state index is 0. The molecule has 0 unspecified atom stereocenters. The third-order valence-electron chi connectivity index (χ3n) is 24.5. The largest absolute Gasteiger partial charge is 1.00 e. The first-order chi connectivity index (χ1) is 69.6. The molecule has 0 bridgehead atoms. The Labute approximate surface area is 919 Å². The Morgan fingerprint density at radius 2 is 0.784 bits per heavy atom. The fourth-order valence-corrected chi connectivity index (χ4v) is 17.2. The molecule has 4 saturated heterocycles. The minimum atomic E-state index is -0.639. The van der Waals surface area contributed by atoms with Gasteiger partial charge in [0.15, 0.2) is 11.6 Å². The van der Waals surface area contributed by atoms with Crippen LogP contribution >= 0.6 is 0 Å². The number of rotatable bonds is 19. The van der Waals surface area contributed by atoms with Gasteiger partial charge in [-0.25, -0.2) is 48.3 Å². The molecular formula is C110H150B2N8Na2O26. The summed E-state index contributed by atoms with van der Waals surface area (Å²) in [5, 5.41) is 23.3. The number of Topliss-reactive ketones (excluding diaryl/α,β-unsaturated/α-hetero) is 2. The van der Waals surface area contributed by atoms with Crippen LogP contribution in [0.3, 0.4) is 0 Å². The minimum Gasteiger partial charge on any atom is -0.793 e. The molecule has 7 aromatic carbocycles. The Kier molecular flexibility index (Phi) is 61.7. The van der Waals surface area contributed by atoms with Crippen LogP contribution in [0.15, 0.2) is 152 Å². The van der Waals surface area contributed by atoms with Crippen LogP contribution in [0.25, 0.3) is 0 Å². The molecule has 148 heavy (non-hydrogen) atoms. The smallest absolute Gasteiger partial charge is 0.793 e. The number of ketones is 2. The van der Waals surface area contributed by atoms with Crippen molar-refractivity contribution in [3.8, 4) is 23.0 Å². The Morgan fingerprint density at radius 3 is 1.16 bits per heavy atom. The molecular weight excluding hydrogens is 1920 g/mol. The standard InChI is InChI=1S/C26H34N2O2.C23H28N2O2.C19H29NO4.C19H27NO4.C8H8N2O.2C4H6O4.C3H6O.2C2H3BO2.2Na/c1-3-14-28-15-12-21(24(13-16-28)19-5-9-23(30-2)10-6-19)18-27-22-8-4-20-7-11-26(29)25(20)17-22;1-27-20-7-3-16(4-8-20)21-11-13-24-12-10-18(21)15-25-19-6-2-17-5-9-23(26)22(17)14-19;2*1-19(2,3)24-18(22)20-11-9-15(13-21)17(10-12-20)14-5-7-16(23-4)8-6-14;9-6-2-1-5-4-10-8(11)7(5)3-6;2*1-3(5)7-8-4(2)6;1-2-3-4;2*1-2(4)5-3;;/h4-6,8-10,17,21,24,27H,3,7,11-16,18H2,1-2H3;2-4,6-8,14,18,21,24-25H,5,9-13,15H2,1H3;5-8,15,17,21H,9-13H2,1-4H3;5-8,13,15,17H,9-12H2,1-4H3;1-3H,4,9H2,(H,10,11);2*1-2H3;3H,2H2,1H3;2*1H3;;/q;;;;;;;;2*-1;2*+1/t21-,24-;18-,21-;2*15-,17-;;;;;;;;/m1111......../s1. The predicted molar refractivity (Wildman–Crippen MR) is 558 cm³/mol. The molecule has 6 radical (unpaired) electrons. The first-order valence-electron chi connectivity index (χ1n) is 49.4. The van der Waals surface area contributed by atoms with E-state index >= 15 is 0 Å². The number of carbonyl (C=O) groups is 13. The van der Waals surface area contributed by atoms with Crippen LogP contribution in [0.5, 0.6) is 23.0 Å². The Balaban J connectivity index is 0.000000448. The Morgan fingerprint density at radius 1 is 0.439 bits per heavy atom. The van der Waals surface area contributed by atoms with E-state index in [9.17, 15) is 67.4 Å². The van der Waals surface area contributed by atoms with E-state index in [1.165, 1.54) is 67.5 Å². The number of aliphatic hydroxyl groups is 1. The number of nitrogen functional groups attached to an aromatic ring is 1. The maximum atomic E-state index is 12.3. The van der Waals surface area contributed by atoms with Gasteiger partial charge in [-0.05, 0) is 310 Å². The van der Waals surface area contributed by atoms with Crippen molar-refractivity contribution in [2.45, 2.75) is 228 Å². The van der Waals surface area contributed by atoms with Crippen molar-refractivity contribution in [2.24, 2.45) is 23.7 Å². The van der Waals surface area contributed by atoms with Crippen LogP contribution in [0, 0.1) is 23.7 Å². The monoisotopic (exact) mass is 2070 g/mol. The average molecular weight is 2070 g/mol. The van der Waals surface area contributed by atoms with E-state index < -0.39 is 47.0 Å². The number of aldehydes is 2. The molecule has 7 aromatic rings. The Bertz CT molecular complexity index is 5200. The molecule has 7 N–H and O–H groups in total. The molecule has 14 rings (SSSR count).